The zero-order valence-corrected chi connectivity index (χ0v) is 9.42. The largest absolute Gasteiger partial charge is 0.478 e. The first kappa shape index (κ1) is 11.7. The van der Waals surface area contributed by atoms with Gasteiger partial charge in [-0.3, -0.25) is 0 Å². The summed E-state index contributed by atoms with van der Waals surface area (Å²) in [5.41, 5.74) is 0.105. The van der Waals surface area contributed by atoms with E-state index in [1.54, 1.807) is 10.8 Å². The fourth-order valence-corrected chi connectivity index (χ4v) is 1.46. The Bertz CT molecular complexity index is 520. The maximum absolute atomic E-state index is 10.8. The lowest BCUT2D eigenvalue weighted by Gasteiger charge is -2.03. The van der Waals surface area contributed by atoms with E-state index in [4.69, 9.17) is 25.9 Å². The maximum atomic E-state index is 10.8. The van der Waals surface area contributed by atoms with Gasteiger partial charge in [-0.1, -0.05) is 11.6 Å². The smallest absolute Gasteiger partial charge is 0.339 e. The van der Waals surface area contributed by atoms with Crippen molar-refractivity contribution >= 4 is 17.6 Å². The molecule has 2 aromatic rings. The Morgan fingerprint density at radius 1 is 1.65 bits per heavy atom. The van der Waals surface area contributed by atoms with Gasteiger partial charge in [-0.05, 0) is 6.07 Å². The van der Waals surface area contributed by atoms with E-state index in [1.165, 1.54) is 18.7 Å². The van der Waals surface area contributed by atoms with Gasteiger partial charge in [0, 0.05) is 6.20 Å². The number of imidazole rings is 1. The molecule has 0 aliphatic carbocycles. The number of hydrogen-bond donors (Lipinski definition) is 1. The number of carboxylic acids is 1. The normalized spacial score (nSPS) is 10.6. The molecule has 0 aromatic carbocycles. The van der Waals surface area contributed by atoms with Crippen LogP contribution in [0.5, 0.6) is 0 Å². The van der Waals surface area contributed by atoms with Crippen LogP contribution in [0, 0.1) is 0 Å². The average Bonchev–Trinajstić information content (AvgIpc) is 2.87. The van der Waals surface area contributed by atoms with Gasteiger partial charge in [-0.2, -0.15) is 0 Å². The summed E-state index contributed by atoms with van der Waals surface area (Å²) in [5.74, 6) is -0.758. The van der Waals surface area contributed by atoms with Crippen molar-refractivity contribution in [2.24, 2.45) is 0 Å². The summed E-state index contributed by atoms with van der Waals surface area (Å²) < 4.78 is 11.9. The molecule has 2 aromatic heterocycles. The number of furan rings is 1. The fourth-order valence-electron chi connectivity index (χ4n) is 1.29. The molecule has 17 heavy (non-hydrogen) atoms. The number of carbonyl (C=O) groups is 1. The highest BCUT2D eigenvalue weighted by Gasteiger charge is 2.12. The van der Waals surface area contributed by atoms with Gasteiger partial charge in [-0.15, -0.1) is 0 Å². The van der Waals surface area contributed by atoms with Gasteiger partial charge >= 0.3 is 5.97 Å². The molecule has 0 atom stereocenters. The molecule has 2 rings (SSSR count). The molecule has 1 N–H and O–H groups in total. The SMILES string of the molecule is O=C(O)c1ccoc1COCn1cnc(Cl)c1. The third-order valence-electron chi connectivity index (χ3n) is 2.05. The van der Waals surface area contributed by atoms with Gasteiger partial charge in [0.05, 0.1) is 12.6 Å². The first-order valence-corrected chi connectivity index (χ1v) is 5.09. The summed E-state index contributed by atoms with van der Waals surface area (Å²) >= 11 is 5.62. The highest BCUT2D eigenvalue weighted by molar-refractivity contribution is 6.29. The van der Waals surface area contributed by atoms with Crippen LogP contribution in [0.1, 0.15) is 16.1 Å². The van der Waals surface area contributed by atoms with Gasteiger partial charge in [0.1, 0.15) is 29.8 Å². The number of hydrogen-bond acceptors (Lipinski definition) is 4. The minimum absolute atomic E-state index is 0.0738. The van der Waals surface area contributed by atoms with Gasteiger partial charge in [0.15, 0.2) is 0 Å². The van der Waals surface area contributed by atoms with Crippen molar-refractivity contribution < 1.29 is 19.1 Å². The number of nitrogens with zero attached hydrogens (tertiary/aromatic N) is 2. The lowest BCUT2D eigenvalue weighted by atomic mass is 10.2. The zero-order valence-electron chi connectivity index (χ0n) is 8.67. The van der Waals surface area contributed by atoms with Gasteiger partial charge in [0.2, 0.25) is 0 Å². The van der Waals surface area contributed by atoms with Crippen molar-refractivity contribution in [3.63, 3.8) is 0 Å². The predicted molar refractivity (Wildman–Crippen MR) is 57.7 cm³/mol. The van der Waals surface area contributed by atoms with E-state index in [1.807, 2.05) is 0 Å². The molecule has 0 aliphatic heterocycles. The van der Waals surface area contributed by atoms with Crippen molar-refractivity contribution in [3.05, 3.63) is 41.3 Å². The Hall–Kier alpha value is -1.79. The van der Waals surface area contributed by atoms with Crippen molar-refractivity contribution in [2.75, 3.05) is 0 Å². The molecule has 2 heterocycles. The summed E-state index contributed by atoms with van der Waals surface area (Å²) in [4.78, 5) is 14.6. The zero-order chi connectivity index (χ0) is 12.3. The number of aromatic carboxylic acids is 1. The number of aromatic nitrogens is 2. The second kappa shape index (κ2) is 5.03. The quantitative estimate of drug-likeness (QED) is 0.885. The average molecular weight is 257 g/mol. The topological polar surface area (TPSA) is 77.5 Å². The molecule has 0 aliphatic rings. The lowest BCUT2D eigenvalue weighted by Crippen LogP contribution is -2.03. The molecule has 0 unspecified atom stereocenters. The van der Waals surface area contributed by atoms with Crippen LogP contribution in [0.2, 0.25) is 5.15 Å². The highest BCUT2D eigenvalue weighted by atomic mass is 35.5. The van der Waals surface area contributed by atoms with Crippen LogP contribution in [0.4, 0.5) is 0 Å². The van der Waals surface area contributed by atoms with E-state index < -0.39 is 5.97 Å². The number of halogens is 1. The number of rotatable bonds is 5. The Balaban J connectivity index is 1.90. The highest BCUT2D eigenvalue weighted by Crippen LogP contribution is 2.12. The van der Waals surface area contributed by atoms with Crippen LogP contribution in [0.25, 0.3) is 0 Å². The van der Waals surface area contributed by atoms with Crippen LogP contribution < -0.4 is 0 Å². The third-order valence-corrected chi connectivity index (χ3v) is 2.25. The van der Waals surface area contributed by atoms with Gasteiger partial charge < -0.3 is 18.8 Å². The van der Waals surface area contributed by atoms with E-state index >= 15 is 0 Å². The molecule has 0 saturated carbocycles. The second-order valence-electron chi connectivity index (χ2n) is 3.25. The van der Waals surface area contributed by atoms with Crippen LogP contribution in [0.3, 0.4) is 0 Å². The molecule has 90 valence electrons. The first-order valence-electron chi connectivity index (χ1n) is 4.71. The fraction of sp³-hybridized carbons (Fsp3) is 0.200. The van der Waals surface area contributed by atoms with Crippen LogP contribution >= 0.6 is 11.6 Å². The van der Waals surface area contributed by atoms with Crippen LogP contribution in [0.15, 0.2) is 29.3 Å². The van der Waals surface area contributed by atoms with E-state index in [9.17, 15) is 4.79 Å². The number of ether oxygens (including phenoxy) is 1. The molecule has 0 amide bonds. The van der Waals surface area contributed by atoms with E-state index in [0.29, 0.717) is 5.15 Å². The van der Waals surface area contributed by atoms with E-state index in [0.717, 1.165) is 0 Å². The van der Waals surface area contributed by atoms with Crippen LogP contribution in [-0.4, -0.2) is 20.6 Å². The second-order valence-corrected chi connectivity index (χ2v) is 3.64. The van der Waals surface area contributed by atoms with E-state index in [-0.39, 0.29) is 24.7 Å². The molecule has 0 saturated heterocycles. The molecule has 6 nitrogen and oxygen atoms in total. The predicted octanol–water partition coefficient (Wildman–Crippen LogP) is 2.00. The summed E-state index contributed by atoms with van der Waals surface area (Å²) in [6.07, 6.45) is 4.43. The lowest BCUT2D eigenvalue weighted by molar-refractivity contribution is 0.0501. The molecular formula is C10H9ClN2O4. The van der Waals surface area contributed by atoms with Crippen molar-refractivity contribution in [1.29, 1.82) is 0 Å². The molecule has 0 radical (unpaired) electrons. The molecule has 0 bridgehead atoms. The summed E-state index contributed by atoms with van der Waals surface area (Å²) in [7, 11) is 0. The number of carboxylic acid groups (broad SMARTS) is 1. The molecule has 0 spiro atoms. The Kier molecular flexibility index (Phi) is 3.46. The van der Waals surface area contributed by atoms with Crippen molar-refractivity contribution in [3.8, 4) is 0 Å². The summed E-state index contributed by atoms with van der Waals surface area (Å²) in [5, 5.41) is 9.20. The van der Waals surface area contributed by atoms with Crippen molar-refractivity contribution in [2.45, 2.75) is 13.3 Å². The Labute approximate surface area is 101 Å². The van der Waals surface area contributed by atoms with Gasteiger partial charge in [-0.25, -0.2) is 9.78 Å². The van der Waals surface area contributed by atoms with Crippen LogP contribution in [-0.2, 0) is 18.1 Å². The summed E-state index contributed by atoms with van der Waals surface area (Å²) in [6.45, 7) is 0.296. The molecular weight excluding hydrogens is 248 g/mol. The summed E-state index contributed by atoms with van der Waals surface area (Å²) in [6, 6.07) is 1.38. The first-order chi connectivity index (χ1) is 8.16. The molecule has 7 heteroatoms. The van der Waals surface area contributed by atoms with Gasteiger partial charge in [0.25, 0.3) is 0 Å². The van der Waals surface area contributed by atoms with Crippen molar-refractivity contribution in [1.82, 2.24) is 9.55 Å². The monoisotopic (exact) mass is 256 g/mol. The Morgan fingerprint density at radius 2 is 2.47 bits per heavy atom. The Morgan fingerprint density at radius 3 is 3.12 bits per heavy atom. The minimum atomic E-state index is -1.04. The third kappa shape index (κ3) is 2.86. The maximum Gasteiger partial charge on any atom is 0.339 e. The molecule has 0 fully saturated rings. The van der Waals surface area contributed by atoms with E-state index in [2.05, 4.69) is 4.98 Å². The standard InChI is InChI=1S/C10H9ClN2O4/c11-9-3-13(5-12-9)6-16-4-8-7(10(14)15)1-2-17-8/h1-3,5H,4,6H2,(H,14,15). The minimum Gasteiger partial charge on any atom is -0.478 e.